The van der Waals surface area contributed by atoms with E-state index in [1.165, 1.54) is 103 Å². The lowest BCUT2D eigenvalue weighted by molar-refractivity contribution is -0.138. The molecule has 2 aliphatic heterocycles. The van der Waals surface area contributed by atoms with E-state index >= 15 is 0 Å². The van der Waals surface area contributed by atoms with Crippen LogP contribution in [0, 0.1) is 0 Å². The van der Waals surface area contributed by atoms with Gasteiger partial charge in [-0.1, -0.05) is 178 Å². The van der Waals surface area contributed by atoms with Gasteiger partial charge in [0.15, 0.2) is 0 Å². The van der Waals surface area contributed by atoms with E-state index in [2.05, 4.69) is 83.2 Å². The summed E-state index contributed by atoms with van der Waals surface area (Å²) in [7, 11) is 0. The van der Waals surface area contributed by atoms with Crippen LogP contribution in [-0.2, 0) is 29.2 Å². The number of carboxylic acid groups (broad SMARTS) is 2. The Balaban J connectivity index is 0.000000910. The first kappa shape index (κ1) is 67.1. The molecule has 2 aliphatic rings. The molecule has 71 heavy (non-hydrogen) atoms. The molecule has 404 valence electrons. The minimum absolute atomic E-state index is 0.151. The molecule has 0 radical (unpaired) electrons. The molecule has 2 atom stereocenters. The van der Waals surface area contributed by atoms with Gasteiger partial charge in [-0.05, 0) is 119 Å². The van der Waals surface area contributed by atoms with E-state index in [9.17, 15) is 19.8 Å². The molecule has 2 aromatic carbocycles. The lowest BCUT2D eigenvalue weighted by atomic mass is 9.78. The Hall–Kier alpha value is -3.89. The number of halogens is 1. The predicted molar refractivity (Wildman–Crippen MR) is 298 cm³/mol. The second kappa shape index (κ2) is 48.4. The number of benzene rings is 2. The van der Waals surface area contributed by atoms with Crippen LogP contribution in [0.25, 0.3) is 0 Å². The van der Waals surface area contributed by atoms with Crippen LogP contribution in [0.2, 0.25) is 0 Å². The molecule has 0 bridgehead atoms. The van der Waals surface area contributed by atoms with Crippen molar-refractivity contribution in [3.63, 3.8) is 0 Å². The SMILES string of the molecule is CC(C)(c1ccc(O)cc1)c1ccc(O)cc1.CCCCC/C=C\C/C=C\CCCCCCCC(=O)O.CCCCC/C=C\C/C=C\CCCCCCCC(=O)O.CCCCOCC1CO1.ClCC1CO1. The smallest absolute Gasteiger partial charge is 0.303 e. The summed E-state index contributed by atoms with van der Waals surface area (Å²) in [6.45, 7) is 14.4. The standard InChI is InChI=1S/2C18H32O2.C15H16O2.C7H14O2.C3H5ClO/c2*1-2-3-4-5-6-7-8-9-10-11-12-13-14-15-16-17-18(19)20;1-15(2,11-3-7-13(16)8-4-11)12-5-9-14(17)10-6-12;1-2-3-4-8-5-7-6-9-7;4-1-3-2-5-3/h2*6-7,9-10H,2-5,8,11-17H2,1H3,(H,19,20);3-10,16-17H,1-2H3;7H,2-6H2,1H3;3H,1-2H2/b2*7-6-,10-9-;;;. The zero-order valence-corrected chi connectivity index (χ0v) is 45.8. The fraction of sp³-hybridized carbons (Fsp3) is 0.639. The van der Waals surface area contributed by atoms with Gasteiger partial charge in [0.05, 0.1) is 31.8 Å². The summed E-state index contributed by atoms with van der Waals surface area (Å²) >= 11 is 5.27. The number of hydrogen-bond acceptors (Lipinski definition) is 7. The number of alkyl halides is 1. The number of carbonyl (C=O) groups is 2. The van der Waals surface area contributed by atoms with Crippen molar-refractivity contribution in [2.45, 2.75) is 219 Å². The van der Waals surface area contributed by atoms with Gasteiger partial charge in [-0.3, -0.25) is 9.59 Å². The van der Waals surface area contributed by atoms with E-state index in [4.69, 9.17) is 36.0 Å². The molecule has 2 unspecified atom stereocenters. The largest absolute Gasteiger partial charge is 0.508 e. The Morgan fingerprint density at radius 2 is 0.873 bits per heavy atom. The van der Waals surface area contributed by atoms with Crippen LogP contribution in [0.1, 0.15) is 213 Å². The van der Waals surface area contributed by atoms with Gasteiger partial charge in [0.1, 0.15) is 17.6 Å². The number of phenolic OH excluding ortho intramolecular Hbond substituents is 2. The number of phenols is 2. The normalized spacial score (nSPS) is 14.8. The fourth-order valence-corrected chi connectivity index (χ4v) is 7.06. The molecule has 4 rings (SSSR count). The number of aromatic hydroxyl groups is 2. The number of epoxide rings is 2. The number of hydrogen-bond donors (Lipinski definition) is 4. The van der Waals surface area contributed by atoms with E-state index in [0.29, 0.717) is 30.9 Å². The Labute approximate surface area is 437 Å². The van der Waals surface area contributed by atoms with Crippen LogP contribution < -0.4 is 0 Å². The van der Waals surface area contributed by atoms with Gasteiger partial charge >= 0.3 is 11.9 Å². The van der Waals surface area contributed by atoms with E-state index in [1.807, 2.05) is 24.3 Å². The maximum Gasteiger partial charge on any atom is 0.303 e. The van der Waals surface area contributed by atoms with Crippen LogP contribution in [0.3, 0.4) is 0 Å². The van der Waals surface area contributed by atoms with Crippen LogP contribution in [0.15, 0.2) is 97.1 Å². The minimum atomic E-state index is -0.671. The summed E-state index contributed by atoms with van der Waals surface area (Å²) in [6.07, 6.45) is 47.8. The number of ether oxygens (including phenoxy) is 3. The van der Waals surface area contributed by atoms with E-state index in [0.717, 1.165) is 88.9 Å². The van der Waals surface area contributed by atoms with Gasteiger partial charge in [-0.25, -0.2) is 0 Å². The van der Waals surface area contributed by atoms with E-state index in [-0.39, 0.29) is 16.9 Å². The third-order valence-corrected chi connectivity index (χ3v) is 12.1. The Kier molecular flexibility index (Phi) is 45.7. The fourth-order valence-electron chi connectivity index (χ4n) is 6.88. The van der Waals surface area contributed by atoms with Crippen molar-refractivity contribution in [3.8, 4) is 11.5 Å². The first-order valence-corrected chi connectivity index (χ1v) is 27.9. The lowest BCUT2D eigenvalue weighted by Crippen LogP contribution is -2.18. The Bertz CT molecular complexity index is 1520. The number of aliphatic carboxylic acids is 2. The highest BCUT2D eigenvalue weighted by atomic mass is 35.5. The van der Waals surface area contributed by atoms with Gasteiger partial charge in [0, 0.05) is 24.9 Å². The zero-order valence-electron chi connectivity index (χ0n) is 45.0. The molecular weight excluding hydrogens is 912 g/mol. The van der Waals surface area contributed by atoms with Crippen LogP contribution in [-0.4, -0.2) is 76.9 Å². The molecule has 2 saturated heterocycles. The molecule has 2 aromatic rings. The van der Waals surface area contributed by atoms with E-state index < -0.39 is 11.9 Å². The average Bonchev–Trinajstić information content (AvgIpc) is 4.31. The molecule has 0 spiro atoms. The third-order valence-electron chi connectivity index (χ3n) is 11.8. The first-order chi connectivity index (χ1) is 34.4. The lowest BCUT2D eigenvalue weighted by Gasteiger charge is -2.26. The molecule has 9 nitrogen and oxygen atoms in total. The molecule has 0 saturated carbocycles. The Morgan fingerprint density at radius 1 is 0.535 bits per heavy atom. The Morgan fingerprint density at radius 3 is 1.18 bits per heavy atom. The molecular formula is C61H99ClO9. The summed E-state index contributed by atoms with van der Waals surface area (Å²) in [5.41, 5.74) is 2.10. The molecule has 0 aliphatic carbocycles. The monoisotopic (exact) mass is 1010 g/mol. The maximum atomic E-state index is 10.3. The van der Waals surface area contributed by atoms with E-state index in [1.54, 1.807) is 24.3 Å². The highest BCUT2D eigenvalue weighted by Gasteiger charge is 2.23. The van der Waals surface area contributed by atoms with Crippen molar-refractivity contribution in [3.05, 3.63) is 108 Å². The highest BCUT2D eigenvalue weighted by molar-refractivity contribution is 6.18. The average molecular weight is 1010 g/mol. The summed E-state index contributed by atoms with van der Waals surface area (Å²) in [5.74, 6) is -0.128. The summed E-state index contributed by atoms with van der Waals surface area (Å²) in [6, 6.07) is 14.4. The first-order valence-electron chi connectivity index (χ1n) is 27.4. The second-order valence-electron chi connectivity index (χ2n) is 19.0. The van der Waals surface area contributed by atoms with Gasteiger partial charge in [0.25, 0.3) is 0 Å². The molecule has 4 N–H and O–H groups in total. The summed E-state index contributed by atoms with van der Waals surface area (Å²) < 4.78 is 15.0. The van der Waals surface area contributed by atoms with Gasteiger partial charge in [0.2, 0.25) is 0 Å². The van der Waals surface area contributed by atoms with Crippen LogP contribution in [0.5, 0.6) is 11.5 Å². The van der Waals surface area contributed by atoms with Crippen molar-refractivity contribution in [1.29, 1.82) is 0 Å². The predicted octanol–water partition coefficient (Wildman–Crippen LogP) is 17.0. The summed E-state index contributed by atoms with van der Waals surface area (Å²) in [5, 5.41) is 35.6. The number of allylic oxidation sites excluding steroid dienone is 8. The maximum absolute atomic E-state index is 10.3. The molecule has 2 heterocycles. The van der Waals surface area contributed by atoms with Crippen LogP contribution in [0.4, 0.5) is 0 Å². The topological polar surface area (TPSA) is 149 Å². The number of carboxylic acids is 2. The second-order valence-corrected chi connectivity index (χ2v) is 19.3. The molecule has 0 aromatic heterocycles. The van der Waals surface area contributed by atoms with Crippen molar-refractivity contribution in [2.24, 2.45) is 0 Å². The number of rotatable bonds is 36. The van der Waals surface area contributed by atoms with Gasteiger partial charge in [-0.15, -0.1) is 11.6 Å². The van der Waals surface area contributed by atoms with Gasteiger partial charge in [-0.2, -0.15) is 0 Å². The molecule has 0 amide bonds. The molecule has 2 fully saturated rings. The van der Waals surface area contributed by atoms with Crippen molar-refractivity contribution < 1.29 is 44.2 Å². The number of unbranched alkanes of at least 4 members (excludes halogenated alkanes) is 17. The molecule has 10 heteroatoms. The van der Waals surface area contributed by atoms with Gasteiger partial charge < -0.3 is 34.6 Å². The highest BCUT2D eigenvalue weighted by Crippen LogP contribution is 2.33. The quantitative estimate of drug-likeness (QED) is 0.0226. The minimum Gasteiger partial charge on any atom is -0.508 e. The van der Waals surface area contributed by atoms with Crippen molar-refractivity contribution >= 4 is 23.5 Å². The van der Waals surface area contributed by atoms with Crippen LogP contribution >= 0.6 is 11.6 Å². The summed E-state index contributed by atoms with van der Waals surface area (Å²) in [4.78, 5) is 20.6. The van der Waals surface area contributed by atoms with Crippen molar-refractivity contribution in [2.75, 3.05) is 32.3 Å². The van der Waals surface area contributed by atoms with Crippen molar-refractivity contribution in [1.82, 2.24) is 0 Å². The zero-order chi connectivity index (χ0) is 52.5. The third kappa shape index (κ3) is 46.9.